The van der Waals surface area contributed by atoms with Crippen molar-refractivity contribution in [3.05, 3.63) is 47.0 Å². The van der Waals surface area contributed by atoms with Crippen molar-refractivity contribution in [3.8, 4) is 17.2 Å². The smallest absolute Gasteiger partial charge is 0.319 e. The monoisotopic (exact) mass is 392 g/mol. The fourth-order valence-electron chi connectivity index (χ4n) is 2.41. The number of halogens is 1. The van der Waals surface area contributed by atoms with Crippen LogP contribution in [0.4, 0.5) is 10.5 Å². The average molecular weight is 393 g/mol. The quantitative estimate of drug-likeness (QED) is 0.640. The zero-order chi connectivity index (χ0) is 19.8. The van der Waals surface area contributed by atoms with Gasteiger partial charge < -0.3 is 24.8 Å². The van der Waals surface area contributed by atoms with Crippen LogP contribution < -0.4 is 24.8 Å². The van der Waals surface area contributed by atoms with Gasteiger partial charge in [0.2, 0.25) is 0 Å². The van der Waals surface area contributed by atoms with Gasteiger partial charge in [-0.2, -0.15) is 0 Å². The molecule has 0 heterocycles. The third kappa shape index (κ3) is 5.96. The summed E-state index contributed by atoms with van der Waals surface area (Å²) in [4.78, 5) is 12.1. The van der Waals surface area contributed by atoms with Crippen LogP contribution in [0, 0.1) is 0 Å². The molecule has 0 aromatic heterocycles. The van der Waals surface area contributed by atoms with Gasteiger partial charge in [-0.25, -0.2) is 4.79 Å². The van der Waals surface area contributed by atoms with Gasteiger partial charge in [-0.3, -0.25) is 0 Å². The number of methoxy groups -OCH3 is 2. The van der Waals surface area contributed by atoms with Gasteiger partial charge in [-0.15, -0.1) is 0 Å². The minimum absolute atomic E-state index is 0.352. The summed E-state index contributed by atoms with van der Waals surface area (Å²) in [5.41, 5.74) is 1.72. The van der Waals surface area contributed by atoms with Crippen LogP contribution in [0.1, 0.15) is 25.3 Å². The summed E-state index contributed by atoms with van der Waals surface area (Å²) in [6.07, 6.45) is 0. The van der Waals surface area contributed by atoms with E-state index >= 15 is 0 Å². The molecular weight excluding hydrogens is 368 g/mol. The standard InChI is InChI=1S/C20H25ClN2O4/c1-13(2)14-5-7-15(8-6-14)27-10-9-22-20(24)23-17-12-18(25-3)16(21)11-19(17)26-4/h5-8,11-13H,9-10H2,1-4H3,(H2,22,23,24). The SMILES string of the molecule is COc1cc(NC(=O)NCCOc2ccc(C(C)C)cc2)c(OC)cc1Cl. The molecule has 0 radical (unpaired) electrons. The maximum absolute atomic E-state index is 12.1. The van der Waals surface area contributed by atoms with Crippen molar-refractivity contribution in [1.82, 2.24) is 5.32 Å². The molecule has 0 fully saturated rings. The molecule has 2 N–H and O–H groups in total. The molecule has 0 saturated carbocycles. The molecule has 2 aromatic rings. The number of benzene rings is 2. The molecule has 0 aliphatic carbocycles. The number of hydrogen-bond acceptors (Lipinski definition) is 4. The van der Waals surface area contributed by atoms with E-state index in [9.17, 15) is 4.79 Å². The van der Waals surface area contributed by atoms with Crippen LogP contribution in [-0.2, 0) is 0 Å². The summed E-state index contributed by atoms with van der Waals surface area (Å²) >= 11 is 6.05. The van der Waals surface area contributed by atoms with E-state index in [0.29, 0.717) is 41.3 Å². The van der Waals surface area contributed by atoms with Gasteiger partial charge in [-0.05, 0) is 23.6 Å². The number of rotatable bonds is 8. The van der Waals surface area contributed by atoms with E-state index in [0.717, 1.165) is 5.75 Å². The summed E-state index contributed by atoms with van der Waals surface area (Å²) in [5, 5.41) is 5.84. The Balaban J connectivity index is 1.82. The second kappa shape index (κ2) is 9.92. The lowest BCUT2D eigenvalue weighted by molar-refractivity contribution is 0.247. The number of ether oxygens (including phenoxy) is 3. The molecule has 0 unspecified atom stereocenters. The Morgan fingerprint density at radius 3 is 2.33 bits per heavy atom. The van der Waals surface area contributed by atoms with E-state index < -0.39 is 0 Å². The van der Waals surface area contributed by atoms with Crippen molar-refractivity contribution in [2.24, 2.45) is 0 Å². The molecule has 0 aliphatic heterocycles. The topological polar surface area (TPSA) is 68.8 Å². The van der Waals surface area contributed by atoms with E-state index in [1.807, 2.05) is 24.3 Å². The molecule has 0 atom stereocenters. The normalized spacial score (nSPS) is 10.4. The van der Waals surface area contributed by atoms with Gasteiger partial charge in [0.25, 0.3) is 0 Å². The molecule has 7 heteroatoms. The Morgan fingerprint density at radius 1 is 1.07 bits per heavy atom. The van der Waals surface area contributed by atoms with Crippen molar-refractivity contribution in [1.29, 1.82) is 0 Å². The maximum atomic E-state index is 12.1. The van der Waals surface area contributed by atoms with Gasteiger partial charge in [0.1, 0.15) is 23.9 Å². The number of anilines is 1. The van der Waals surface area contributed by atoms with Crippen molar-refractivity contribution in [2.75, 3.05) is 32.7 Å². The zero-order valence-electron chi connectivity index (χ0n) is 16.0. The molecule has 0 saturated heterocycles. The van der Waals surface area contributed by atoms with Crippen molar-refractivity contribution in [3.63, 3.8) is 0 Å². The van der Waals surface area contributed by atoms with Crippen molar-refractivity contribution in [2.45, 2.75) is 19.8 Å². The zero-order valence-corrected chi connectivity index (χ0v) is 16.7. The fourth-order valence-corrected chi connectivity index (χ4v) is 2.64. The molecular formula is C20H25ClN2O4. The second-order valence-corrected chi connectivity index (χ2v) is 6.55. The van der Waals surface area contributed by atoms with Gasteiger partial charge in [0.15, 0.2) is 0 Å². The second-order valence-electron chi connectivity index (χ2n) is 6.14. The fraction of sp³-hybridized carbons (Fsp3) is 0.350. The minimum atomic E-state index is -0.378. The number of carbonyl (C=O) groups is 1. The first-order valence-corrected chi connectivity index (χ1v) is 9.01. The number of nitrogens with one attached hydrogen (secondary N) is 2. The first kappa shape index (κ1) is 20.7. The summed E-state index contributed by atoms with van der Waals surface area (Å²) < 4.78 is 16.0. The number of urea groups is 1. The van der Waals surface area contributed by atoms with Crippen LogP contribution in [0.25, 0.3) is 0 Å². The molecule has 6 nitrogen and oxygen atoms in total. The van der Waals surface area contributed by atoms with Crippen LogP contribution in [0.5, 0.6) is 17.2 Å². The Morgan fingerprint density at radius 2 is 1.74 bits per heavy atom. The van der Waals surface area contributed by atoms with Crippen molar-refractivity contribution >= 4 is 23.3 Å². The molecule has 27 heavy (non-hydrogen) atoms. The van der Waals surface area contributed by atoms with Gasteiger partial charge in [0.05, 0.1) is 31.5 Å². The van der Waals surface area contributed by atoms with E-state index in [-0.39, 0.29) is 6.03 Å². The summed E-state index contributed by atoms with van der Waals surface area (Å²) in [5.74, 6) is 2.14. The lowest BCUT2D eigenvalue weighted by Gasteiger charge is -2.14. The summed E-state index contributed by atoms with van der Waals surface area (Å²) in [6, 6.07) is 10.8. The van der Waals surface area contributed by atoms with Gasteiger partial charge in [-0.1, -0.05) is 37.6 Å². The summed E-state index contributed by atoms with van der Waals surface area (Å²) in [7, 11) is 3.00. The summed E-state index contributed by atoms with van der Waals surface area (Å²) in [6.45, 7) is 4.99. The predicted molar refractivity (Wildman–Crippen MR) is 108 cm³/mol. The van der Waals surface area contributed by atoms with E-state index in [4.69, 9.17) is 25.8 Å². The Kier molecular flexibility index (Phi) is 7.61. The molecule has 2 aromatic carbocycles. The number of hydrogen-bond donors (Lipinski definition) is 2. The van der Waals surface area contributed by atoms with E-state index in [2.05, 4.69) is 24.5 Å². The molecule has 0 bridgehead atoms. The predicted octanol–water partition coefficient (Wildman–Crippen LogP) is 4.68. The van der Waals surface area contributed by atoms with E-state index in [1.54, 1.807) is 12.1 Å². The van der Waals surface area contributed by atoms with Gasteiger partial charge >= 0.3 is 6.03 Å². The minimum Gasteiger partial charge on any atom is -0.495 e. The van der Waals surface area contributed by atoms with Crippen molar-refractivity contribution < 1.29 is 19.0 Å². The highest BCUT2D eigenvalue weighted by molar-refractivity contribution is 6.32. The average Bonchev–Trinajstić information content (AvgIpc) is 2.66. The maximum Gasteiger partial charge on any atom is 0.319 e. The number of carbonyl (C=O) groups excluding carboxylic acids is 1. The molecule has 146 valence electrons. The Hall–Kier alpha value is -2.60. The van der Waals surface area contributed by atoms with Crippen LogP contribution in [-0.4, -0.2) is 33.4 Å². The molecule has 2 amide bonds. The molecule has 0 aliphatic rings. The van der Waals surface area contributed by atoms with Crippen LogP contribution >= 0.6 is 11.6 Å². The third-order valence-electron chi connectivity index (χ3n) is 3.93. The lowest BCUT2D eigenvalue weighted by atomic mass is 10.0. The third-order valence-corrected chi connectivity index (χ3v) is 4.22. The molecule has 2 rings (SSSR count). The van der Waals surface area contributed by atoms with Gasteiger partial charge in [0, 0.05) is 12.1 Å². The first-order valence-electron chi connectivity index (χ1n) is 8.63. The highest BCUT2D eigenvalue weighted by Gasteiger charge is 2.12. The highest BCUT2D eigenvalue weighted by Crippen LogP contribution is 2.35. The Labute approximate surface area is 164 Å². The lowest BCUT2D eigenvalue weighted by Crippen LogP contribution is -2.32. The van der Waals surface area contributed by atoms with Crippen LogP contribution in [0.3, 0.4) is 0 Å². The Bertz CT molecular complexity index is 763. The first-order chi connectivity index (χ1) is 12.9. The molecule has 0 spiro atoms. The van der Waals surface area contributed by atoms with Crippen LogP contribution in [0.2, 0.25) is 5.02 Å². The van der Waals surface area contributed by atoms with E-state index in [1.165, 1.54) is 19.8 Å². The van der Waals surface area contributed by atoms with Crippen LogP contribution in [0.15, 0.2) is 36.4 Å². The highest BCUT2D eigenvalue weighted by atomic mass is 35.5. The number of amides is 2. The largest absolute Gasteiger partial charge is 0.495 e.